The van der Waals surface area contributed by atoms with Crippen LogP contribution in [0.15, 0.2) is 91.2 Å². The Kier molecular flexibility index (Phi) is 8.36. The molecular weight excluding hydrogens is 592 g/mol. The van der Waals surface area contributed by atoms with Gasteiger partial charge in [0.25, 0.3) is 0 Å². The lowest BCUT2D eigenvalue weighted by Gasteiger charge is -2.48. The maximum atomic E-state index is 14.2. The van der Waals surface area contributed by atoms with Gasteiger partial charge in [0.15, 0.2) is 6.04 Å². The number of amides is 1. The second-order valence-electron chi connectivity index (χ2n) is 11.8. The summed E-state index contributed by atoms with van der Waals surface area (Å²) in [7, 11) is 0. The van der Waals surface area contributed by atoms with Crippen molar-refractivity contribution in [1.82, 2.24) is 10.4 Å². The molecule has 3 N–H and O–H groups in total. The van der Waals surface area contributed by atoms with E-state index in [0.717, 1.165) is 22.3 Å². The molecule has 3 aliphatic heterocycles. The van der Waals surface area contributed by atoms with Crippen LogP contribution in [0, 0.1) is 5.41 Å². The molecule has 0 spiro atoms. The van der Waals surface area contributed by atoms with Gasteiger partial charge in [0.1, 0.15) is 36.4 Å². The first-order valence-electron chi connectivity index (χ1n) is 15.5. The minimum Gasteiger partial charge on any atom is -0.499 e. The maximum absolute atomic E-state index is 14.2. The van der Waals surface area contributed by atoms with Crippen LogP contribution in [0.1, 0.15) is 28.7 Å². The van der Waals surface area contributed by atoms with Crippen molar-refractivity contribution < 1.29 is 43.6 Å². The van der Waals surface area contributed by atoms with Crippen LogP contribution < -0.4 is 5.32 Å². The van der Waals surface area contributed by atoms with Crippen LogP contribution in [0.3, 0.4) is 0 Å². The van der Waals surface area contributed by atoms with Crippen molar-refractivity contribution in [3.8, 4) is 0 Å². The van der Waals surface area contributed by atoms with Gasteiger partial charge in [0, 0.05) is 24.1 Å². The van der Waals surface area contributed by atoms with Gasteiger partial charge in [-0.1, -0.05) is 84.9 Å². The molecule has 240 valence electrons. The van der Waals surface area contributed by atoms with E-state index >= 15 is 0 Å². The molecule has 4 fully saturated rings. The van der Waals surface area contributed by atoms with E-state index in [1.807, 2.05) is 84.9 Å². The fourth-order valence-electron chi connectivity index (χ4n) is 7.27. The van der Waals surface area contributed by atoms with Crippen LogP contribution in [0.4, 0.5) is 0 Å². The van der Waals surface area contributed by atoms with E-state index in [1.54, 1.807) is 6.08 Å². The zero-order valence-corrected chi connectivity index (χ0v) is 25.1. The average molecular weight is 629 g/mol. The molecule has 3 heterocycles. The lowest BCUT2D eigenvalue weighted by molar-refractivity contribution is -0.213. The van der Waals surface area contributed by atoms with E-state index < -0.39 is 53.5 Å². The fourth-order valence-corrected chi connectivity index (χ4v) is 7.27. The molecule has 4 aliphatic rings. The van der Waals surface area contributed by atoms with Gasteiger partial charge in [0.2, 0.25) is 11.7 Å². The Balaban J connectivity index is 1.29. The summed E-state index contributed by atoms with van der Waals surface area (Å²) >= 11 is 0. The zero-order valence-electron chi connectivity index (χ0n) is 25.1. The van der Waals surface area contributed by atoms with Gasteiger partial charge in [-0.2, -0.15) is 5.06 Å². The van der Waals surface area contributed by atoms with E-state index in [4.69, 9.17) is 28.9 Å². The SMILES string of the molecule is O=C1O[C@@H]2C[C@@]3(C(=O)NCCO)[C@H](ON(Cc4ccccc4C=COCCO)[C@@H]13)[C@H]1OC(c3ccccc3)(c3ccccc3)O[C@H]12. The smallest absolute Gasteiger partial charge is 0.327 e. The summed E-state index contributed by atoms with van der Waals surface area (Å²) in [6.07, 6.45) is 0.226. The number of hydroxylamine groups is 2. The molecule has 1 aliphatic carbocycles. The van der Waals surface area contributed by atoms with Crippen LogP contribution in [0.25, 0.3) is 6.08 Å². The average Bonchev–Trinajstić information content (AvgIpc) is 3.67. The van der Waals surface area contributed by atoms with Gasteiger partial charge in [0.05, 0.1) is 26.0 Å². The molecule has 0 aromatic heterocycles. The van der Waals surface area contributed by atoms with Crippen molar-refractivity contribution in [2.45, 2.75) is 49.2 Å². The minimum absolute atomic E-state index is 0.0185. The van der Waals surface area contributed by atoms with Gasteiger partial charge >= 0.3 is 5.97 Å². The Morgan fingerprint density at radius 2 is 1.61 bits per heavy atom. The largest absolute Gasteiger partial charge is 0.499 e. The number of ether oxygens (including phenoxy) is 4. The monoisotopic (exact) mass is 628 g/mol. The van der Waals surface area contributed by atoms with E-state index in [9.17, 15) is 14.7 Å². The molecule has 6 atom stereocenters. The highest BCUT2D eigenvalue weighted by Crippen LogP contribution is 2.59. The molecule has 0 unspecified atom stereocenters. The van der Waals surface area contributed by atoms with Crippen molar-refractivity contribution >= 4 is 18.0 Å². The molecule has 3 aromatic rings. The highest BCUT2D eigenvalue weighted by molar-refractivity contribution is 5.93. The first-order valence-corrected chi connectivity index (χ1v) is 15.5. The summed E-state index contributed by atoms with van der Waals surface area (Å²) in [6.45, 7) is -0.0372. The van der Waals surface area contributed by atoms with Gasteiger partial charge in [-0.15, -0.1) is 0 Å². The van der Waals surface area contributed by atoms with Gasteiger partial charge in [-0.25, -0.2) is 0 Å². The predicted octanol–water partition coefficient (Wildman–Crippen LogP) is 2.26. The second-order valence-corrected chi connectivity index (χ2v) is 11.8. The molecule has 1 amide bonds. The Morgan fingerprint density at radius 1 is 0.935 bits per heavy atom. The number of fused-ring (bicyclic) bond motifs is 4. The molecule has 3 aromatic carbocycles. The second kappa shape index (κ2) is 12.6. The molecule has 2 bridgehead atoms. The minimum atomic E-state index is -1.38. The maximum Gasteiger partial charge on any atom is 0.327 e. The molecule has 3 saturated heterocycles. The van der Waals surface area contributed by atoms with Crippen molar-refractivity contribution in [1.29, 1.82) is 0 Å². The summed E-state index contributed by atoms with van der Waals surface area (Å²) in [5, 5.41) is 23.0. The van der Waals surface area contributed by atoms with E-state index in [0.29, 0.717) is 0 Å². The normalized spacial score (nSPS) is 29.3. The third-order valence-electron chi connectivity index (χ3n) is 9.22. The number of benzene rings is 3. The Morgan fingerprint density at radius 3 is 2.30 bits per heavy atom. The number of nitrogens with zero attached hydrogens (tertiary/aromatic N) is 1. The van der Waals surface area contributed by atoms with Gasteiger partial charge in [-0.05, 0) is 17.2 Å². The summed E-state index contributed by atoms with van der Waals surface area (Å²) in [5.74, 6) is -2.34. The van der Waals surface area contributed by atoms with Crippen LogP contribution in [-0.4, -0.2) is 84.0 Å². The predicted molar refractivity (Wildman–Crippen MR) is 163 cm³/mol. The molecule has 11 nitrogen and oxygen atoms in total. The first kappa shape index (κ1) is 30.5. The number of esters is 1. The van der Waals surface area contributed by atoms with Crippen molar-refractivity contribution in [2.75, 3.05) is 26.4 Å². The highest BCUT2D eigenvalue weighted by atomic mass is 16.8. The quantitative estimate of drug-likeness (QED) is 0.165. The van der Waals surface area contributed by atoms with E-state index in [1.165, 1.54) is 11.3 Å². The summed E-state index contributed by atoms with van der Waals surface area (Å²) in [6, 6.07) is 25.6. The number of carbonyl (C=O) groups is 2. The molecule has 0 radical (unpaired) electrons. The van der Waals surface area contributed by atoms with Crippen molar-refractivity contribution in [3.05, 3.63) is 113 Å². The number of carbonyl (C=O) groups excluding carboxylic acids is 2. The number of aliphatic hydroxyl groups is 2. The van der Waals surface area contributed by atoms with Crippen LogP contribution in [0.5, 0.6) is 0 Å². The summed E-state index contributed by atoms with van der Waals surface area (Å²) in [4.78, 5) is 34.8. The summed E-state index contributed by atoms with van der Waals surface area (Å²) < 4.78 is 25.2. The van der Waals surface area contributed by atoms with Crippen LogP contribution in [-0.2, 0) is 45.7 Å². The first-order chi connectivity index (χ1) is 22.5. The van der Waals surface area contributed by atoms with Gasteiger partial charge in [-0.3, -0.25) is 14.4 Å². The fraction of sp³-hybridized carbons (Fsp3) is 0.371. The van der Waals surface area contributed by atoms with Gasteiger partial charge < -0.3 is 34.5 Å². The standard InChI is InChI=1S/C35H36N2O9/c38-17-16-36-33(41)34-21-27-28-29(45-35(44-28,25-11-3-1-4-12-25)26-13-5-2-6-14-26)31(34)46-37(30(34)32(40)43-27)22-24-10-8-7-9-23(24)15-19-42-20-18-39/h1-15,19,27-31,38-39H,16-18,20-22H2,(H,36,41)/t27-,28+,29+,30+,31-,34+/m1/s1. The Hall–Kier alpha value is -4.10. The van der Waals surface area contributed by atoms with Crippen LogP contribution >= 0.6 is 0 Å². The number of rotatable bonds is 11. The third-order valence-corrected chi connectivity index (χ3v) is 9.22. The van der Waals surface area contributed by atoms with Crippen molar-refractivity contribution in [2.24, 2.45) is 5.41 Å². The number of hydrogen-bond donors (Lipinski definition) is 3. The molecular formula is C35H36N2O9. The third kappa shape index (κ3) is 5.00. The molecule has 46 heavy (non-hydrogen) atoms. The molecule has 11 heteroatoms. The van der Waals surface area contributed by atoms with Crippen LogP contribution in [0.2, 0.25) is 0 Å². The Labute approximate surface area is 266 Å². The molecule has 7 rings (SSSR count). The lowest BCUT2D eigenvalue weighted by Crippen LogP contribution is -2.69. The molecule has 1 saturated carbocycles. The lowest BCUT2D eigenvalue weighted by atomic mass is 9.62. The van der Waals surface area contributed by atoms with Crippen molar-refractivity contribution in [3.63, 3.8) is 0 Å². The number of hydrogen-bond acceptors (Lipinski definition) is 10. The zero-order chi connectivity index (χ0) is 31.7. The van der Waals surface area contributed by atoms with E-state index in [2.05, 4.69) is 5.32 Å². The Bertz CT molecular complexity index is 1550. The topological polar surface area (TPSA) is 136 Å². The van der Waals surface area contributed by atoms with E-state index in [-0.39, 0.29) is 39.3 Å². The highest BCUT2D eigenvalue weighted by Gasteiger charge is 2.76. The summed E-state index contributed by atoms with van der Waals surface area (Å²) in [5.41, 5.74) is 1.76. The number of aliphatic hydroxyl groups excluding tert-OH is 2. The number of nitrogens with one attached hydrogen (secondary N) is 1.